The van der Waals surface area contributed by atoms with Crippen LogP contribution in [0.3, 0.4) is 0 Å². The third kappa shape index (κ3) is 5.67. The summed E-state index contributed by atoms with van der Waals surface area (Å²) in [5.41, 5.74) is 0.586. The van der Waals surface area contributed by atoms with Crippen molar-refractivity contribution in [3.8, 4) is 0 Å². The molecule has 1 aliphatic carbocycles. The number of hydrogen-bond acceptors (Lipinski definition) is 4. The SMILES string of the molecule is COC1CCCC(OC(=O)CC(C)NC(=O)c2ccccc2)C1. The highest BCUT2D eigenvalue weighted by Gasteiger charge is 2.25. The normalized spacial score (nSPS) is 22.2. The van der Waals surface area contributed by atoms with Crippen LogP contribution in [-0.2, 0) is 14.3 Å². The summed E-state index contributed by atoms with van der Waals surface area (Å²) < 4.78 is 10.8. The molecule has 3 unspecified atom stereocenters. The average Bonchev–Trinajstić information content (AvgIpc) is 2.55. The van der Waals surface area contributed by atoms with Gasteiger partial charge in [0.15, 0.2) is 0 Å². The molecule has 0 aromatic heterocycles. The van der Waals surface area contributed by atoms with Gasteiger partial charge in [-0.1, -0.05) is 18.2 Å². The van der Waals surface area contributed by atoms with Gasteiger partial charge >= 0.3 is 5.97 Å². The number of nitrogens with one attached hydrogen (secondary N) is 1. The van der Waals surface area contributed by atoms with Gasteiger partial charge < -0.3 is 14.8 Å². The molecule has 5 nitrogen and oxygen atoms in total. The molecule has 1 saturated carbocycles. The number of benzene rings is 1. The summed E-state index contributed by atoms with van der Waals surface area (Å²) in [7, 11) is 1.69. The Morgan fingerprint density at radius 3 is 2.61 bits per heavy atom. The first-order chi connectivity index (χ1) is 11.1. The van der Waals surface area contributed by atoms with E-state index in [9.17, 15) is 9.59 Å². The molecule has 1 amide bonds. The maximum absolute atomic E-state index is 12.0. The molecule has 0 heterocycles. The van der Waals surface area contributed by atoms with Crippen LogP contribution in [0.25, 0.3) is 0 Å². The van der Waals surface area contributed by atoms with Crippen molar-refractivity contribution in [2.75, 3.05) is 7.11 Å². The molecular weight excluding hydrogens is 294 g/mol. The molecule has 2 rings (SSSR count). The highest BCUT2D eigenvalue weighted by atomic mass is 16.5. The lowest BCUT2D eigenvalue weighted by Gasteiger charge is -2.28. The first-order valence-corrected chi connectivity index (χ1v) is 8.16. The van der Waals surface area contributed by atoms with Crippen LogP contribution in [0, 0.1) is 0 Å². The molecule has 0 spiro atoms. The summed E-state index contributed by atoms with van der Waals surface area (Å²) in [4.78, 5) is 24.0. The summed E-state index contributed by atoms with van der Waals surface area (Å²) in [6.45, 7) is 1.81. The van der Waals surface area contributed by atoms with E-state index in [0.29, 0.717) is 5.56 Å². The lowest BCUT2D eigenvalue weighted by molar-refractivity contribution is -0.153. The zero-order valence-corrected chi connectivity index (χ0v) is 13.8. The van der Waals surface area contributed by atoms with Crippen molar-refractivity contribution in [2.24, 2.45) is 0 Å². The summed E-state index contributed by atoms with van der Waals surface area (Å²) in [5.74, 6) is -0.448. The molecule has 5 heteroatoms. The molecule has 0 bridgehead atoms. The monoisotopic (exact) mass is 319 g/mol. The second-order valence-corrected chi connectivity index (χ2v) is 6.08. The molecule has 1 N–H and O–H groups in total. The molecule has 126 valence electrons. The van der Waals surface area contributed by atoms with Crippen molar-refractivity contribution in [3.63, 3.8) is 0 Å². The number of hydrogen-bond donors (Lipinski definition) is 1. The van der Waals surface area contributed by atoms with E-state index in [1.54, 1.807) is 26.2 Å². The van der Waals surface area contributed by atoms with Crippen LogP contribution in [0.4, 0.5) is 0 Å². The van der Waals surface area contributed by atoms with E-state index in [1.165, 1.54) is 0 Å². The number of rotatable bonds is 6. The Morgan fingerprint density at radius 1 is 1.22 bits per heavy atom. The predicted molar refractivity (Wildman–Crippen MR) is 87.1 cm³/mol. The van der Waals surface area contributed by atoms with E-state index in [1.807, 2.05) is 18.2 Å². The van der Waals surface area contributed by atoms with Crippen LogP contribution in [0.2, 0.25) is 0 Å². The number of carbonyl (C=O) groups is 2. The quantitative estimate of drug-likeness (QED) is 0.819. The molecule has 3 atom stereocenters. The van der Waals surface area contributed by atoms with Gasteiger partial charge in [-0.05, 0) is 38.3 Å². The Morgan fingerprint density at radius 2 is 1.91 bits per heavy atom. The van der Waals surface area contributed by atoms with Crippen molar-refractivity contribution in [3.05, 3.63) is 35.9 Å². The average molecular weight is 319 g/mol. The first kappa shape index (κ1) is 17.5. The molecule has 1 aromatic carbocycles. The van der Waals surface area contributed by atoms with Gasteiger partial charge in [0, 0.05) is 25.1 Å². The summed E-state index contributed by atoms with van der Waals surface area (Å²) in [5, 5.41) is 2.82. The maximum atomic E-state index is 12.0. The minimum atomic E-state index is -0.271. The topological polar surface area (TPSA) is 64.6 Å². The summed E-state index contributed by atoms with van der Waals surface area (Å²) in [6, 6.07) is 8.69. The van der Waals surface area contributed by atoms with Crippen molar-refractivity contribution < 1.29 is 19.1 Å². The first-order valence-electron chi connectivity index (χ1n) is 8.16. The Labute approximate surface area is 137 Å². The lowest BCUT2D eigenvalue weighted by Crippen LogP contribution is -2.36. The fourth-order valence-electron chi connectivity index (χ4n) is 2.85. The lowest BCUT2D eigenvalue weighted by atomic mass is 9.95. The van der Waals surface area contributed by atoms with E-state index >= 15 is 0 Å². The highest BCUT2D eigenvalue weighted by Crippen LogP contribution is 2.23. The zero-order valence-electron chi connectivity index (χ0n) is 13.8. The standard InChI is InChI=1S/C18H25NO4/c1-13(19-18(21)14-7-4-3-5-8-14)11-17(20)23-16-10-6-9-15(12-16)22-2/h3-5,7-8,13,15-16H,6,9-12H2,1-2H3,(H,19,21). The zero-order chi connectivity index (χ0) is 16.7. The fraction of sp³-hybridized carbons (Fsp3) is 0.556. The minimum Gasteiger partial charge on any atom is -0.462 e. The molecule has 0 radical (unpaired) electrons. The van der Waals surface area contributed by atoms with Crippen molar-refractivity contribution in [2.45, 2.75) is 57.3 Å². The van der Waals surface area contributed by atoms with Crippen molar-refractivity contribution in [1.82, 2.24) is 5.32 Å². The van der Waals surface area contributed by atoms with Gasteiger partial charge in [0.2, 0.25) is 0 Å². The van der Waals surface area contributed by atoms with E-state index in [4.69, 9.17) is 9.47 Å². The van der Waals surface area contributed by atoms with Crippen molar-refractivity contribution >= 4 is 11.9 Å². The Hall–Kier alpha value is -1.88. The van der Waals surface area contributed by atoms with Crippen LogP contribution in [-0.4, -0.2) is 37.2 Å². The molecule has 23 heavy (non-hydrogen) atoms. The van der Waals surface area contributed by atoms with Gasteiger partial charge in [0.05, 0.1) is 12.5 Å². The third-order valence-electron chi connectivity index (χ3n) is 4.10. The maximum Gasteiger partial charge on any atom is 0.308 e. The predicted octanol–water partition coefficient (Wildman–Crippen LogP) is 2.70. The van der Waals surface area contributed by atoms with Gasteiger partial charge in [-0.3, -0.25) is 9.59 Å². The Kier molecular flexibility index (Phi) is 6.59. The molecule has 1 fully saturated rings. The highest BCUT2D eigenvalue weighted by molar-refractivity contribution is 5.94. The fourth-order valence-corrected chi connectivity index (χ4v) is 2.85. The van der Waals surface area contributed by atoms with Gasteiger partial charge in [0.1, 0.15) is 6.10 Å². The number of amides is 1. The summed E-state index contributed by atoms with van der Waals surface area (Å²) >= 11 is 0. The van der Waals surface area contributed by atoms with E-state index < -0.39 is 0 Å². The molecule has 1 aromatic rings. The molecular formula is C18H25NO4. The second-order valence-electron chi connectivity index (χ2n) is 6.08. The number of carbonyl (C=O) groups excluding carboxylic acids is 2. The van der Waals surface area contributed by atoms with Crippen LogP contribution < -0.4 is 5.32 Å². The third-order valence-corrected chi connectivity index (χ3v) is 4.10. The molecule has 1 aliphatic rings. The Balaban J connectivity index is 1.75. The minimum absolute atomic E-state index is 0.0711. The van der Waals surface area contributed by atoms with E-state index in [0.717, 1.165) is 25.7 Å². The van der Waals surface area contributed by atoms with Gasteiger partial charge in [0.25, 0.3) is 5.91 Å². The van der Waals surface area contributed by atoms with Gasteiger partial charge in [-0.15, -0.1) is 0 Å². The molecule has 0 aliphatic heterocycles. The van der Waals surface area contributed by atoms with Crippen molar-refractivity contribution in [1.29, 1.82) is 0 Å². The van der Waals surface area contributed by atoms with Crippen LogP contribution in [0.5, 0.6) is 0 Å². The van der Waals surface area contributed by atoms with E-state index in [2.05, 4.69) is 5.32 Å². The number of methoxy groups -OCH3 is 1. The van der Waals surface area contributed by atoms with E-state index in [-0.39, 0.29) is 36.5 Å². The second kappa shape index (κ2) is 8.67. The number of esters is 1. The summed E-state index contributed by atoms with van der Waals surface area (Å²) in [6.07, 6.45) is 3.95. The van der Waals surface area contributed by atoms with Crippen LogP contribution in [0.1, 0.15) is 49.4 Å². The van der Waals surface area contributed by atoms with Crippen LogP contribution >= 0.6 is 0 Å². The Bertz CT molecular complexity index is 517. The van der Waals surface area contributed by atoms with Gasteiger partial charge in [-0.2, -0.15) is 0 Å². The van der Waals surface area contributed by atoms with Crippen LogP contribution in [0.15, 0.2) is 30.3 Å². The largest absolute Gasteiger partial charge is 0.462 e. The number of ether oxygens (including phenoxy) is 2. The smallest absolute Gasteiger partial charge is 0.308 e. The van der Waals surface area contributed by atoms with Gasteiger partial charge in [-0.25, -0.2) is 0 Å². The molecule has 0 saturated heterocycles.